The van der Waals surface area contributed by atoms with Crippen molar-refractivity contribution in [2.24, 2.45) is 0 Å². The summed E-state index contributed by atoms with van der Waals surface area (Å²) in [5, 5.41) is 10.4. The number of aromatic nitrogens is 4. The number of nitrogens with one attached hydrogen (secondary N) is 1. The van der Waals surface area contributed by atoms with E-state index in [0.29, 0.717) is 52.1 Å². The van der Waals surface area contributed by atoms with Crippen molar-refractivity contribution in [2.45, 2.75) is 19.9 Å². The van der Waals surface area contributed by atoms with E-state index in [-0.39, 0.29) is 11.9 Å². The number of anilines is 1. The molecule has 1 aromatic carbocycles. The van der Waals surface area contributed by atoms with Crippen molar-refractivity contribution in [3.63, 3.8) is 0 Å². The second-order valence-corrected chi connectivity index (χ2v) is 8.02. The summed E-state index contributed by atoms with van der Waals surface area (Å²) in [4.78, 5) is 22.0. The van der Waals surface area contributed by atoms with Gasteiger partial charge in [0.1, 0.15) is 13.2 Å². The first-order chi connectivity index (χ1) is 14.6. The Morgan fingerprint density at radius 1 is 1.20 bits per heavy atom. The third kappa shape index (κ3) is 3.26. The average Bonchev–Trinajstić information content (AvgIpc) is 3.42. The highest BCUT2D eigenvalue weighted by atomic mass is 32.1. The minimum Gasteiger partial charge on any atom is -0.486 e. The van der Waals surface area contributed by atoms with Crippen LogP contribution in [0.2, 0.25) is 0 Å². The van der Waals surface area contributed by atoms with E-state index >= 15 is 0 Å². The SMILES string of the molecule is CC(C)n1ncc2c(C(=O)Nc3nccs3)cc(-c3ccc4c(c3)OCCO4)nc21. The summed E-state index contributed by atoms with van der Waals surface area (Å²) < 4.78 is 13.1. The number of amides is 1. The van der Waals surface area contributed by atoms with E-state index in [4.69, 9.17) is 14.5 Å². The van der Waals surface area contributed by atoms with Crippen LogP contribution in [0.25, 0.3) is 22.3 Å². The number of nitrogens with zero attached hydrogens (tertiary/aromatic N) is 4. The highest BCUT2D eigenvalue weighted by Gasteiger charge is 2.20. The van der Waals surface area contributed by atoms with Crippen LogP contribution in [0.3, 0.4) is 0 Å². The Kier molecular flexibility index (Phi) is 4.59. The van der Waals surface area contributed by atoms with E-state index in [2.05, 4.69) is 15.4 Å². The number of benzene rings is 1. The number of fused-ring (bicyclic) bond motifs is 2. The fourth-order valence-corrected chi connectivity index (χ4v) is 3.91. The lowest BCUT2D eigenvalue weighted by atomic mass is 10.1. The molecule has 0 fully saturated rings. The highest BCUT2D eigenvalue weighted by Crippen LogP contribution is 2.35. The summed E-state index contributed by atoms with van der Waals surface area (Å²) in [7, 11) is 0. The molecule has 0 aliphatic carbocycles. The lowest BCUT2D eigenvalue weighted by Gasteiger charge is -2.19. The van der Waals surface area contributed by atoms with Crippen molar-refractivity contribution in [2.75, 3.05) is 18.5 Å². The van der Waals surface area contributed by atoms with Gasteiger partial charge in [0.2, 0.25) is 0 Å². The van der Waals surface area contributed by atoms with Gasteiger partial charge < -0.3 is 9.47 Å². The average molecular weight is 421 g/mol. The first-order valence-corrected chi connectivity index (χ1v) is 10.5. The molecule has 5 rings (SSSR count). The van der Waals surface area contributed by atoms with Crippen molar-refractivity contribution in [1.82, 2.24) is 19.7 Å². The molecule has 0 bridgehead atoms. The zero-order valence-electron chi connectivity index (χ0n) is 16.5. The predicted molar refractivity (Wildman–Crippen MR) is 114 cm³/mol. The summed E-state index contributed by atoms with van der Waals surface area (Å²) in [6.07, 6.45) is 3.34. The van der Waals surface area contributed by atoms with Crippen LogP contribution in [0.15, 0.2) is 42.0 Å². The Hall–Kier alpha value is -3.46. The van der Waals surface area contributed by atoms with E-state index in [1.54, 1.807) is 18.5 Å². The zero-order valence-corrected chi connectivity index (χ0v) is 17.3. The highest BCUT2D eigenvalue weighted by molar-refractivity contribution is 7.13. The number of hydrogen-bond donors (Lipinski definition) is 1. The summed E-state index contributed by atoms with van der Waals surface area (Å²) in [5.74, 6) is 1.13. The maximum Gasteiger partial charge on any atom is 0.258 e. The van der Waals surface area contributed by atoms with Crippen LogP contribution in [0.4, 0.5) is 5.13 Å². The van der Waals surface area contributed by atoms with Gasteiger partial charge in [-0.25, -0.2) is 14.6 Å². The molecule has 1 amide bonds. The van der Waals surface area contributed by atoms with E-state index in [1.807, 2.05) is 42.1 Å². The molecule has 1 aliphatic rings. The van der Waals surface area contributed by atoms with Gasteiger partial charge in [-0.1, -0.05) is 0 Å². The molecule has 1 aliphatic heterocycles. The second kappa shape index (κ2) is 7.42. The minimum absolute atomic E-state index is 0.0976. The standard InChI is InChI=1S/C21H19N5O3S/c1-12(2)26-19-15(11-23-26)14(20(27)25-21-22-5-8-30-21)10-16(24-19)13-3-4-17-18(9-13)29-7-6-28-17/h3-5,8-12H,6-7H2,1-2H3,(H,22,25,27). The van der Waals surface area contributed by atoms with Crippen LogP contribution < -0.4 is 14.8 Å². The Morgan fingerprint density at radius 2 is 2.03 bits per heavy atom. The van der Waals surface area contributed by atoms with Gasteiger partial charge in [0.05, 0.1) is 22.8 Å². The van der Waals surface area contributed by atoms with Gasteiger partial charge >= 0.3 is 0 Å². The van der Waals surface area contributed by atoms with Crippen LogP contribution in [-0.2, 0) is 0 Å². The minimum atomic E-state index is -0.251. The van der Waals surface area contributed by atoms with E-state index in [0.717, 1.165) is 5.56 Å². The molecule has 0 saturated heterocycles. The smallest absolute Gasteiger partial charge is 0.258 e. The number of pyridine rings is 1. The Bertz CT molecular complexity index is 1230. The van der Waals surface area contributed by atoms with Crippen LogP contribution in [0.1, 0.15) is 30.2 Å². The molecule has 0 atom stereocenters. The molecular weight excluding hydrogens is 402 g/mol. The van der Waals surface area contributed by atoms with Crippen LogP contribution in [0.5, 0.6) is 11.5 Å². The maximum absolute atomic E-state index is 13.1. The lowest BCUT2D eigenvalue weighted by molar-refractivity contribution is 0.102. The second-order valence-electron chi connectivity index (χ2n) is 7.13. The monoisotopic (exact) mass is 421 g/mol. The number of ether oxygens (including phenoxy) is 2. The largest absolute Gasteiger partial charge is 0.486 e. The molecular formula is C21H19N5O3S. The predicted octanol–water partition coefficient (Wildman–Crippen LogP) is 4.16. The molecule has 152 valence electrons. The quantitative estimate of drug-likeness (QED) is 0.532. The van der Waals surface area contributed by atoms with Crippen LogP contribution >= 0.6 is 11.3 Å². The normalized spacial score (nSPS) is 13.0. The number of carbonyl (C=O) groups is 1. The molecule has 1 N–H and O–H groups in total. The third-order valence-corrected chi connectivity index (χ3v) is 5.48. The number of hydrogen-bond acceptors (Lipinski definition) is 7. The Balaban J connectivity index is 1.65. The lowest BCUT2D eigenvalue weighted by Crippen LogP contribution is -2.15. The number of thiazole rings is 1. The van der Waals surface area contributed by atoms with Gasteiger partial charge in [0.15, 0.2) is 22.3 Å². The van der Waals surface area contributed by atoms with Crippen molar-refractivity contribution in [3.05, 3.63) is 47.6 Å². The molecule has 4 aromatic rings. The number of carbonyl (C=O) groups excluding carboxylic acids is 1. The maximum atomic E-state index is 13.1. The van der Waals surface area contributed by atoms with Crippen molar-refractivity contribution >= 4 is 33.4 Å². The van der Waals surface area contributed by atoms with Gasteiger partial charge in [0.25, 0.3) is 5.91 Å². The van der Waals surface area contributed by atoms with Gasteiger partial charge in [-0.05, 0) is 38.1 Å². The van der Waals surface area contributed by atoms with Crippen LogP contribution in [-0.4, -0.2) is 38.9 Å². The molecule has 30 heavy (non-hydrogen) atoms. The van der Waals surface area contributed by atoms with Crippen LogP contribution in [0, 0.1) is 0 Å². The molecule has 0 unspecified atom stereocenters. The molecule has 3 aromatic heterocycles. The van der Waals surface area contributed by atoms with Gasteiger partial charge in [-0.2, -0.15) is 5.10 Å². The molecule has 0 saturated carbocycles. The van der Waals surface area contributed by atoms with Gasteiger partial charge in [0, 0.05) is 23.2 Å². The third-order valence-electron chi connectivity index (χ3n) is 4.79. The summed E-state index contributed by atoms with van der Waals surface area (Å²) in [6, 6.07) is 7.55. The molecule has 9 heteroatoms. The Morgan fingerprint density at radius 3 is 2.80 bits per heavy atom. The molecule has 0 spiro atoms. The van der Waals surface area contributed by atoms with E-state index in [9.17, 15) is 4.79 Å². The molecule has 8 nitrogen and oxygen atoms in total. The first-order valence-electron chi connectivity index (χ1n) is 9.59. The van der Waals surface area contributed by atoms with Crippen molar-refractivity contribution < 1.29 is 14.3 Å². The zero-order chi connectivity index (χ0) is 20.7. The van der Waals surface area contributed by atoms with E-state index < -0.39 is 0 Å². The number of rotatable bonds is 4. The topological polar surface area (TPSA) is 91.2 Å². The molecule has 0 radical (unpaired) electrons. The Labute approximate surface area is 176 Å². The fourth-order valence-electron chi connectivity index (χ4n) is 3.38. The summed E-state index contributed by atoms with van der Waals surface area (Å²) >= 11 is 1.37. The van der Waals surface area contributed by atoms with Gasteiger partial charge in [-0.3, -0.25) is 10.1 Å². The molecule has 4 heterocycles. The van der Waals surface area contributed by atoms with E-state index in [1.165, 1.54) is 11.3 Å². The summed E-state index contributed by atoms with van der Waals surface area (Å²) in [6.45, 7) is 5.09. The van der Waals surface area contributed by atoms with Crippen molar-refractivity contribution in [3.8, 4) is 22.8 Å². The first kappa shape index (κ1) is 18.6. The fraction of sp³-hybridized carbons (Fsp3) is 0.238. The van der Waals surface area contributed by atoms with Crippen molar-refractivity contribution in [1.29, 1.82) is 0 Å². The summed E-state index contributed by atoms with van der Waals surface area (Å²) in [5.41, 5.74) is 2.64. The van der Waals surface area contributed by atoms with Gasteiger partial charge in [-0.15, -0.1) is 11.3 Å².